The Morgan fingerprint density at radius 1 is 1.17 bits per heavy atom. The van der Waals surface area contributed by atoms with Gasteiger partial charge in [-0.25, -0.2) is 4.68 Å². The number of anilines is 2. The van der Waals surface area contributed by atoms with Gasteiger partial charge in [-0.05, 0) is 39.0 Å². The fourth-order valence-corrected chi connectivity index (χ4v) is 2.97. The van der Waals surface area contributed by atoms with Crippen LogP contribution in [-0.4, -0.2) is 25.9 Å². The van der Waals surface area contributed by atoms with Gasteiger partial charge in [-0.1, -0.05) is 29.0 Å². The monoisotopic (exact) mass is 327 g/mol. The van der Waals surface area contributed by atoms with Crippen LogP contribution in [0.4, 0.5) is 10.8 Å². The fourth-order valence-electron chi connectivity index (χ4n) is 2.22. The van der Waals surface area contributed by atoms with E-state index in [-0.39, 0.29) is 12.3 Å². The second-order valence-electron chi connectivity index (χ2n) is 5.40. The molecule has 6 nitrogen and oxygen atoms in total. The molecule has 0 atom stereocenters. The predicted octanol–water partition coefficient (Wildman–Crippen LogP) is 3.29. The van der Waals surface area contributed by atoms with Gasteiger partial charge in [0.2, 0.25) is 5.13 Å². The highest BCUT2D eigenvalue weighted by Gasteiger charge is 2.14. The first-order chi connectivity index (χ1) is 11.0. The molecule has 1 aromatic carbocycles. The lowest BCUT2D eigenvalue weighted by Crippen LogP contribution is -2.16. The van der Waals surface area contributed by atoms with E-state index in [0.717, 1.165) is 17.1 Å². The van der Waals surface area contributed by atoms with Gasteiger partial charge < -0.3 is 5.32 Å². The van der Waals surface area contributed by atoms with E-state index in [9.17, 15) is 4.79 Å². The van der Waals surface area contributed by atoms with E-state index < -0.39 is 0 Å². The van der Waals surface area contributed by atoms with Gasteiger partial charge in [-0.2, -0.15) is 5.10 Å². The van der Waals surface area contributed by atoms with Crippen LogP contribution in [0.25, 0.3) is 0 Å². The molecule has 0 aliphatic heterocycles. The van der Waals surface area contributed by atoms with Crippen molar-refractivity contribution in [1.82, 2.24) is 20.0 Å². The molecule has 1 N–H and O–H groups in total. The van der Waals surface area contributed by atoms with Crippen LogP contribution in [0.3, 0.4) is 0 Å². The van der Waals surface area contributed by atoms with Crippen LogP contribution in [0, 0.1) is 20.8 Å². The summed E-state index contributed by atoms with van der Waals surface area (Å²) in [4.78, 5) is 12.3. The van der Waals surface area contributed by atoms with Gasteiger partial charge in [0, 0.05) is 11.4 Å². The zero-order chi connectivity index (χ0) is 16.4. The lowest BCUT2D eigenvalue weighted by Gasteiger charge is -2.01. The minimum absolute atomic E-state index is 0.103. The van der Waals surface area contributed by atoms with E-state index in [1.165, 1.54) is 21.6 Å². The van der Waals surface area contributed by atoms with Crippen LogP contribution in [0.15, 0.2) is 30.3 Å². The highest BCUT2D eigenvalue weighted by atomic mass is 32.1. The lowest BCUT2D eigenvalue weighted by atomic mass is 10.2. The van der Waals surface area contributed by atoms with Gasteiger partial charge in [0.05, 0.1) is 12.1 Å². The number of hydrogen-bond donors (Lipinski definition) is 1. The summed E-state index contributed by atoms with van der Waals surface area (Å²) in [6.45, 7) is 5.77. The third-order valence-electron chi connectivity index (χ3n) is 3.32. The molecule has 0 saturated carbocycles. The van der Waals surface area contributed by atoms with Gasteiger partial charge >= 0.3 is 0 Å². The topological polar surface area (TPSA) is 72.7 Å². The zero-order valence-corrected chi connectivity index (χ0v) is 14.0. The van der Waals surface area contributed by atoms with Crippen LogP contribution in [0.5, 0.6) is 0 Å². The maximum atomic E-state index is 12.3. The second-order valence-corrected chi connectivity index (χ2v) is 6.46. The maximum Gasteiger partial charge on any atom is 0.254 e. The Hall–Kier alpha value is -2.54. The van der Waals surface area contributed by atoms with Crippen LogP contribution < -0.4 is 5.32 Å². The highest BCUT2D eigenvalue weighted by Crippen LogP contribution is 2.21. The number of benzene rings is 1. The summed E-state index contributed by atoms with van der Waals surface area (Å²) in [6.07, 6.45) is 0.190. The van der Waals surface area contributed by atoms with Crippen molar-refractivity contribution in [3.63, 3.8) is 0 Å². The Morgan fingerprint density at radius 3 is 2.57 bits per heavy atom. The predicted molar refractivity (Wildman–Crippen MR) is 90.4 cm³/mol. The molecule has 2 aromatic heterocycles. The molecule has 0 radical (unpaired) electrons. The van der Waals surface area contributed by atoms with Gasteiger partial charge in [0.25, 0.3) is 5.91 Å². The van der Waals surface area contributed by atoms with Crippen molar-refractivity contribution in [1.29, 1.82) is 0 Å². The molecular formula is C16H17N5OS. The maximum absolute atomic E-state index is 12.3. The lowest BCUT2D eigenvalue weighted by molar-refractivity contribution is 0.0895. The van der Waals surface area contributed by atoms with E-state index in [4.69, 9.17) is 0 Å². The molecule has 3 rings (SSSR count). The van der Waals surface area contributed by atoms with Crippen molar-refractivity contribution in [3.8, 4) is 0 Å². The highest BCUT2D eigenvalue weighted by molar-refractivity contribution is 7.15. The molecule has 7 heteroatoms. The standard InChI is InChI=1S/C16H17N5OS/c1-10-4-6-13(7-5-10)17-16-19-18-14(23-16)9-15(22)21-12(3)8-11(2)20-21/h4-8H,9H2,1-3H3,(H,17,19). The van der Waals surface area contributed by atoms with Crippen LogP contribution in [-0.2, 0) is 6.42 Å². The van der Waals surface area contributed by atoms with E-state index in [2.05, 4.69) is 20.6 Å². The molecule has 23 heavy (non-hydrogen) atoms. The quantitative estimate of drug-likeness (QED) is 0.796. The Morgan fingerprint density at radius 2 is 1.91 bits per heavy atom. The largest absolute Gasteiger partial charge is 0.330 e. The Balaban J connectivity index is 1.68. The summed E-state index contributed by atoms with van der Waals surface area (Å²) >= 11 is 1.37. The first-order valence-electron chi connectivity index (χ1n) is 7.24. The van der Waals surface area contributed by atoms with Crippen LogP contribution >= 0.6 is 11.3 Å². The summed E-state index contributed by atoms with van der Waals surface area (Å²) in [5.41, 5.74) is 3.80. The first kappa shape index (κ1) is 15.4. The first-order valence-corrected chi connectivity index (χ1v) is 8.05. The van der Waals surface area contributed by atoms with Crippen molar-refractivity contribution in [2.45, 2.75) is 27.2 Å². The summed E-state index contributed by atoms with van der Waals surface area (Å²) < 4.78 is 1.42. The molecule has 0 saturated heterocycles. The van der Waals surface area contributed by atoms with Gasteiger partial charge in [0.1, 0.15) is 5.01 Å². The molecular weight excluding hydrogens is 310 g/mol. The van der Waals surface area contributed by atoms with E-state index in [0.29, 0.717) is 10.1 Å². The van der Waals surface area contributed by atoms with Crippen LogP contribution in [0.1, 0.15) is 26.8 Å². The van der Waals surface area contributed by atoms with Crippen molar-refractivity contribution in [2.24, 2.45) is 0 Å². The minimum atomic E-state index is -0.103. The molecule has 0 spiro atoms. The number of nitrogens with zero attached hydrogens (tertiary/aromatic N) is 4. The van der Waals surface area contributed by atoms with E-state index in [1.54, 1.807) is 0 Å². The number of carbonyl (C=O) groups excluding carboxylic acids is 1. The van der Waals surface area contributed by atoms with Gasteiger partial charge in [-0.3, -0.25) is 4.79 Å². The normalized spacial score (nSPS) is 10.7. The molecule has 2 heterocycles. The molecule has 0 aliphatic rings. The molecule has 118 valence electrons. The average molecular weight is 327 g/mol. The summed E-state index contributed by atoms with van der Waals surface area (Å²) in [5.74, 6) is -0.103. The van der Waals surface area contributed by atoms with Gasteiger partial charge in [0.15, 0.2) is 0 Å². The Bertz CT molecular complexity index is 835. The van der Waals surface area contributed by atoms with E-state index >= 15 is 0 Å². The van der Waals surface area contributed by atoms with Crippen molar-refractivity contribution < 1.29 is 4.79 Å². The molecule has 0 unspecified atom stereocenters. The number of hydrogen-bond acceptors (Lipinski definition) is 6. The number of rotatable bonds is 4. The van der Waals surface area contributed by atoms with Crippen molar-refractivity contribution in [3.05, 3.63) is 52.3 Å². The third-order valence-corrected chi connectivity index (χ3v) is 4.16. The zero-order valence-electron chi connectivity index (χ0n) is 13.2. The number of carbonyl (C=O) groups is 1. The summed E-state index contributed by atoms with van der Waals surface area (Å²) in [5, 5.41) is 16.9. The number of aryl methyl sites for hydroxylation is 3. The van der Waals surface area contributed by atoms with Gasteiger partial charge in [-0.15, -0.1) is 10.2 Å². The molecule has 0 fully saturated rings. The number of aromatic nitrogens is 4. The number of nitrogens with one attached hydrogen (secondary N) is 1. The third kappa shape index (κ3) is 3.62. The molecule has 3 aromatic rings. The van der Waals surface area contributed by atoms with Crippen molar-refractivity contribution in [2.75, 3.05) is 5.32 Å². The van der Waals surface area contributed by atoms with Crippen molar-refractivity contribution >= 4 is 28.1 Å². The van der Waals surface area contributed by atoms with Crippen LogP contribution in [0.2, 0.25) is 0 Å². The average Bonchev–Trinajstić information content (AvgIpc) is 3.07. The molecule has 0 aliphatic carbocycles. The minimum Gasteiger partial charge on any atom is -0.330 e. The summed E-state index contributed by atoms with van der Waals surface area (Å²) in [7, 11) is 0. The smallest absolute Gasteiger partial charge is 0.254 e. The van der Waals surface area contributed by atoms with E-state index in [1.807, 2.05) is 51.1 Å². The Labute approximate surface area is 138 Å². The SMILES string of the molecule is Cc1ccc(Nc2nnc(CC(=O)n3nc(C)cc3C)s2)cc1. The summed E-state index contributed by atoms with van der Waals surface area (Å²) in [6, 6.07) is 9.89. The molecule has 0 amide bonds. The Kier molecular flexibility index (Phi) is 4.20. The molecule has 0 bridgehead atoms. The second kappa shape index (κ2) is 6.29. The fraction of sp³-hybridized carbons (Fsp3) is 0.250.